The molecule has 0 aliphatic carbocycles. The summed E-state index contributed by atoms with van der Waals surface area (Å²) in [5.41, 5.74) is 0.948. The Hall–Kier alpha value is -0.420. The molecule has 0 aromatic rings. The highest BCUT2D eigenvalue weighted by atomic mass is 16.7. The van der Waals surface area contributed by atoms with Gasteiger partial charge in [0.05, 0.1) is 11.7 Å². The van der Waals surface area contributed by atoms with Crippen LogP contribution in [0.4, 0.5) is 0 Å². The Morgan fingerprint density at radius 3 is 2.35 bits per heavy atom. The quantitative estimate of drug-likeness (QED) is 0.495. The number of nitrogens with zero attached hydrogens (tertiary/aromatic N) is 1. The van der Waals surface area contributed by atoms with Gasteiger partial charge < -0.3 is 9.84 Å². The van der Waals surface area contributed by atoms with Crippen LogP contribution in [-0.2, 0) is 9.57 Å². The van der Waals surface area contributed by atoms with Crippen molar-refractivity contribution in [3.63, 3.8) is 0 Å². The standard InChI is InChI=1S/C16H33NO3/c1-8-17(6)20-16(4,5)12-15(19-7)14(9-10-18)11-13(2)3/h11,14-15,18H,8-10,12H2,1-7H3. The first-order valence-corrected chi connectivity index (χ1v) is 7.44. The van der Waals surface area contributed by atoms with Gasteiger partial charge in [-0.2, -0.15) is 5.06 Å². The summed E-state index contributed by atoms with van der Waals surface area (Å²) >= 11 is 0. The van der Waals surface area contributed by atoms with Crippen LogP contribution in [0.2, 0.25) is 0 Å². The molecule has 0 aromatic heterocycles. The van der Waals surface area contributed by atoms with Gasteiger partial charge in [0.1, 0.15) is 0 Å². The Labute approximate surface area is 124 Å². The van der Waals surface area contributed by atoms with Gasteiger partial charge in [0.15, 0.2) is 0 Å². The molecule has 1 N–H and O–H groups in total. The molecule has 0 saturated heterocycles. The first kappa shape index (κ1) is 19.6. The van der Waals surface area contributed by atoms with Crippen molar-refractivity contribution >= 4 is 0 Å². The summed E-state index contributed by atoms with van der Waals surface area (Å²) in [4.78, 5) is 5.92. The fourth-order valence-corrected chi connectivity index (χ4v) is 2.37. The van der Waals surface area contributed by atoms with Crippen molar-refractivity contribution in [1.82, 2.24) is 5.06 Å². The molecular formula is C16H33NO3. The molecule has 4 nitrogen and oxygen atoms in total. The topological polar surface area (TPSA) is 41.9 Å². The van der Waals surface area contributed by atoms with E-state index in [2.05, 4.69) is 40.7 Å². The van der Waals surface area contributed by atoms with Crippen molar-refractivity contribution in [2.75, 3.05) is 27.3 Å². The lowest BCUT2D eigenvalue weighted by Gasteiger charge is -2.34. The number of hydrogen-bond donors (Lipinski definition) is 1. The molecule has 20 heavy (non-hydrogen) atoms. The summed E-state index contributed by atoms with van der Waals surface area (Å²) in [6, 6.07) is 0. The van der Waals surface area contributed by atoms with Crippen LogP contribution in [-0.4, -0.2) is 49.2 Å². The molecule has 0 heterocycles. The summed E-state index contributed by atoms with van der Waals surface area (Å²) in [6.07, 6.45) is 3.72. The van der Waals surface area contributed by atoms with Crippen molar-refractivity contribution in [2.45, 2.75) is 59.2 Å². The predicted octanol–water partition coefficient (Wildman–Crippen LogP) is 3.02. The highest BCUT2D eigenvalue weighted by Crippen LogP contribution is 2.26. The lowest BCUT2D eigenvalue weighted by Crippen LogP contribution is -2.39. The maximum absolute atomic E-state index is 9.25. The number of hydroxylamine groups is 2. The molecular weight excluding hydrogens is 254 g/mol. The Morgan fingerprint density at radius 2 is 1.95 bits per heavy atom. The number of allylic oxidation sites excluding steroid dienone is 1. The van der Waals surface area contributed by atoms with E-state index in [-0.39, 0.29) is 24.2 Å². The second-order valence-corrected chi connectivity index (χ2v) is 6.19. The van der Waals surface area contributed by atoms with E-state index in [0.717, 1.165) is 13.0 Å². The van der Waals surface area contributed by atoms with Crippen molar-refractivity contribution in [2.24, 2.45) is 5.92 Å². The maximum Gasteiger partial charge on any atom is 0.0868 e. The van der Waals surface area contributed by atoms with Gasteiger partial charge in [0.25, 0.3) is 0 Å². The molecule has 0 aliphatic rings. The summed E-state index contributed by atoms with van der Waals surface area (Å²) in [5.74, 6) is 0.213. The van der Waals surface area contributed by atoms with Crippen molar-refractivity contribution in [3.8, 4) is 0 Å². The molecule has 0 fully saturated rings. The molecule has 0 aromatic carbocycles. The van der Waals surface area contributed by atoms with Gasteiger partial charge in [0.2, 0.25) is 0 Å². The minimum absolute atomic E-state index is 0.0392. The van der Waals surface area contributed by atoms with Gasteiger partial charge in [-0.3, -0.25) is 4.84 Å². The lowest BCUT2D eigenvalue weighted by atomic mass is 9.88. The number of hydrogen-bond acceptors (Lipinski definition) is 4. The summed E-state index contributed by atoms with van der Waals surface area (Å²) in [6.45, 7) is 11.4. The third-order valence-electron chi connectivity index (χ3n) is 3.33. The molecule has 120 valence electrons. The zero-order valence-electron chi connectivity index (χ0n) is 14.3. The SMILES string of the molecule is CCN(C)OC(C)(C)CC(OC)C(C=C(C)C)CCO. The third-order valence-corrected chi connectivity index (χ3v) is 3.33. The van der Waals surface area contributed by atoms with Crippen LogP contribution in [0.25, 0.3) is 0 Å². The number of rotatable bonds is 10. The first-order valence-electron chi connectivity index (χ1n) is 7.44. The zero-order valence-corrected chi connectivity index (χ0v) is 14.3. The number of methoxy groups -OCH3 is 1. The normalized spacial score (nSPS) is 15.2. The Kier molecular flexibility index (Phi) is 9.30. The smallest absolute Gasteiger partial charge is 0.0868 e. The van der Waals surface area contributed by atoms with Gasteiger partial charge >= 0.3 is 0 Å². The van der Waals surface area contributed by atoms with Crippen LogP contribution in [0.1, 0.15) is 47.5 Å². The monoisotopic (exact) mass is 287 g/mol. The second kappa shape index (κ2) is 9.50. The second-order valence-electron chi connectivity index (χ2n) is 6.19. The highest BCUT2D eigenvalue weighted by molar-refractivity contribution is 5.00. The number of aliphatic hydroxyl groups is 1. The Balaban J connectivity index is 4.82. The Bertz CT molecular complexity index is 285. The molecule has 0 radical (unpaired) electrons. The molecule has 4 heteroatoms. The molecule has 2 unspecified atom stereocenters. The van der Waals surface area contributed by atoms with Crippen LogP contribution in [0, 0.1) is 5.92 Å². The van der Waals surface area contributed by atoms with Crippen LogP contribution in [0.15, 0.2) is 11.6 Å². The average molecular weight is 287 g/mol. The van der Waals surface area contributed by atoms with Gasteiger partial charge in [-0.15, -0.1) is 0 Å². The molecule has 0 bridgehead atoms. The number of ether oxygens (including phenoxy) is 1. The molecule has 0 aliphatic heterocycles. The molecule has 0 spiro atoms. The Morgan fingerprint density at radius 1 is 1.35 bits per heavy atom. The maximum atomic E-state index is 9.25. The molecule has 2 atom stereocenters. The zero-order chi connectivity index (χ0) is 15.8. The third kappa shape index (κ3) is 8.00. The fraction of sp³-hybridized carbons (Fsp3) is 0.875. The average Bonchev–Trinajstić information content (AvgIpc) is 2.34. The van der Waals surface area contributed by atoms with E-state index < -0.39 is 0 Å². The van der Waals surface area contributed by atoms with Crippen molar-refractivity contribution in [1.29, 1.82) is 0 Å². The highest BCUT2D eigenvalue weighted by Gasteiger charge is 2.30. The van der Waals surface area contributed by atoms with E-state index >= 15 is 0 Å². The molecule has 0 amide bonds. The van der Waals surface area contributed by atoms with Crippen molar-refractivity contribution in [3.05, 3.63) is 11.6 Å². The predicted molar refractivity (Wildman–Crippen MR) is 83.5 cm³/mol. The van der Waals surface area contributed by atoms with E-state index in [1.54, 1.807) is 7.11 Å². The summed E-state index contributed by atoms with van der Waals surface area (Å²) in [5, 5.41) is 11.1. The van der Waals surface area contributed by atoms with Gasteiger partial charge in [-0.25, -0.2) is 0 Å². The fourth-order valence-electron chi connectivity index (χ4n) is 2.37. The van der Waals surface area contributed by atoms with E-state index in [4.69, 9.17) is 9.57 Å². The van der Waals surface area contributed by atoms with Gasteiger partial charge in [0, 0.05) is 39.6 Å². The number of aliphatic hydroxyl groups excluding tert-OH is 1. The van der Waals surface area contributed by atoms with Gasteiger partial charge in [-0.1, -0.05) is 18.6 Å². The summed E-state index contributed by atoms with van der Waals surface area (Å²) < 4.78 is 5.66. The largest absolute Gasteiger partial charge is 0.396 e. The van der Waals surface area contributed by atoms with Crippen molar-refractivity contribution < 1.29 is 14.7 Å². The van der Waals surface area contributed by atoms with E-state index in [1.165, 1.54) is 5.57 Å². The van der Waals surface area contributed by atoms with Crippen LogP contribution in [0.5, 0.6) is 0 Å². The minimum atomic E-state index is -0.297. The summed E-state index contributed by atoms with van der Waals surface area (Å²) in [7, 11) is 3.67. The van der Waals surface area contributed by atoms with Crippen LogP contribution in [0.3, 0.4) is 0 Å². The first-order chi connectivity index (χ1) is 9.25. The molecule has 0 rings (SSSR count). The van der Waals surface area contributed by atoms with E-state index in [0.29, 0.717) is 6.42 Å². The molecule has 0 saturated carbocycles. The van der Waals surface area contributed by atoms with E-state index in [9.17, 15) is 5.11 Å². The van der Waals surface area contributed by atoms with E-state index in [1.807, 2.05) is 12.1 Å². The minimum Gasteiger partial charge on any atom is -0.396 e. The van der Waals surface area contributed by atoms with Crippen LogP contribution < -0.4 is 0 Å². The van der Waals surface area contributed by atoms with Gasteiger partial charge in [-0.05, 0) is 34.1 Å². The van der Waals surface area contributed by atoms with Crippen LogP contribution >= 0.6 is 0 Å². The lowest BCUT2D eigenvalue weighted by molar-refractivity contribution is -0.229.